The highest BCUT2D eigenvalue weighted by atomic mass is 16.3. The van der Waals surface area contributed by atoms with Gasteiger partial charge in [0.25, 0.3) is 5.91 Å². The van der Waals surface area contributed by atoms with Crippen molar-refractivity contribution in [2.24, 2.45) is 0 Å². The van der Waals surface area contributed by atoms with E-state index in [9.17, 15) is 14.7 Å². The van der Waals surface area contributed by atoms with Gasteiger partial charge in [-0.2, -0.15) is 0 Å². The summed E-state index contributed by atoms with van der Waals surface area (Å²) in [7, 11) is 0. The molecule has 2 aromatic heterocycles. The summed E-state index contributed by atoms with van der Waals surface area (Å²) in [6.45, 7) is 2.83. The van der Waals surface area contributed by atoms with Gasteiger partial charge >= 0.3 is 0 Å². The molecule has 154 valence electrons. The standard InChI is InChI=1S/C23H24N4O3/c1-23(2,30)22(29)27-18-13-14(11-12-24-18)20-21(25-15-7-4-3-5-8-15)19-16(26-20)9-6-10-17(19)28/h3-5,7-8,11-13,25-26,30H,6,9-10H2,1-2H3,(H,24,27,29). The largest absolute Gasteiger partial charge is 0.381 e. The molecule has 0 atom stereocenters. The minimum atomic E-state index is -1.52. The van der Waals surface area contributed by atoms with Gasteiger partial charge in [-0.1, -0.05) is 18.2 Å². The molecule has 1 aliphatic carbocycles. The van der Waals surface area contributed by atoms with E-state index in [4.69, 9.17) is 0 Å². The molecule has 0 aliphatic heterocycles. The molecule has 4 N–H and O–H groups in total. The van der Waals surface area contributed by atoms with E-state index in [1.807, 2.05) is 36.4 Å². The highest BCUT2D eigenvalue weighted by molar-refractivity contribution is 6.07. The van der Waals surface area contributed by atoms with Crippen LogP contribution >= 0.6 is 0 Å². The van der Waals surface area contributed by atoms with Crippen molar-refractivity contribution in [2.45, 2.75) is 38.7 Å². The Morgan fingerprint density at radius 1 is 1.17 bits per heavy atom. The number of benzene rings is 1. The van der Waals surface area contributed by atoms with Crippen molar-refractivity contribution < 1.29 is 14.7 Å². The van der Waals surface area contributed by atoms with Crippen LogP contribution in [0.15, 0.2) is 48.7 Å². The SMILES string of the molecule is CC(C)(O)C(=O)Nc1cc(-c2[nH]c3c(c2Nc2ccccc2)C(=O)CCC3)ccn1. The summed E-state index contributed by atoms with van der Waals surface area (Å²) >= 11 is 0. The van der Waals surface area contributed by atoms with Crippen LogP contribution in [0.4, 0.5) is 17.2 Å². The highest BCUT2D eigenvalue weighted by Crippen LogP contribution is 2.39. The predicted octanol–water partition coefficient (Wildman–Crippen LogP) is 4.05. The Balaban J connectivity index is 1.76. The average molecular weight is 404 g/mol. The van der Waals surface area contributed by atoms with Gasteiger partial charge in [0.05, 0.1) is 16.9 Å². The van der Waals surface area contributed by atoms with E-state index in [-0.39, 0.29) is 5.78 Å². The fourth-order valence-corrected chi connectivity index (χ4v) is 3.53. The number of rotatable bonds is 5. The van der Waals surface area contributed by atoms with Crippen molar-refractivity contribution in [3.05, 3.63) is 59.9 Å². The van der Waals surface area contributed by atoms with E-state index in [2.05, 4.69) is 20.6 Å². The molecule has 0 fully saturated rings. The summed E-state index contributed by atoms with van der Waals surface area (Å²) in [5.41, 5.74) is 3.24. The second kappa shape index (κ2) is 7.76. The molecule has 1 aromatic carbocycles. The number of aryl methyl sites for hydroxylation is 1. The number of fused-ring (bicyclic) bond motifs is 1. The first-order chi connectivity index (χ1) is 14.3. The molecule has 0 spiro atoms. The second-order valence-corrected chi connectivity index (χ2v) is 7.94. The Morgan fingerprint density at radius 3 is 2.67 bits per heavy atom. The van der Waals surface area contributed by atoms with Crippen molar-refractivity contribution >= 4 is 28.9 Å². The van der Waals surface area contributed by atoms with Gasteiger partial charge in [0.1, 0.15) is 11.4 Å². The highest BCUT2D eigenvalue weighted by Gasteiger charge is 2.28. The number of aromatic amines is 1. The number of nitrogens with zero attached hydrogens (tertiary/aromatic N) is 1. The molecular formula is C23H24N4O3. The molecular weight excluding hydrogens is 380 g/mol. The number of Topliss-reactive ketones (excluding diaryl/α,β-unsaturated/α-hetero) is 1. The fourth-order valence-electron chi connectivity index (χ4n) is 3.53. The Labute approximate surface area is 174 Å². The minimum Gasteiger partial charge on any atom is -0.381 e. The number of H-pyrrole nitrogens is 1. The lowest BCUT2D eigenvalue weighted by Crippen LogP contribution is -2.36. The number of aliphatic hydroxyl groups is 1. The molecule has 1 aliphatic rings. The number of anilines is 3. The first kappa shape index (κ1) is 19.8. The number of pyridine rings is 1. The minimum absolute atomic E-state index is 0.113. The molecule has 0 unspecified atom stereocenters. The van der Waals surface area contributed by atoms with Crippen LogP contribution in [0, 0.1) is 0 Å². The third kappa shape index (κ3) is 3.97. The van der Waals surface area contributed by atoms with E-state index in [0.29, 0.717) is 17.8 Å². The van der Waals surface area contributed by atoms with Crippen LogP contribution in [0.1, 0.15) is 42.7 Å². The molecule has 0 bridgehead atoms. The van der Waals surface area contributed by atoms with Crippen molar-refractivity contribution in [3.63, 3.8) is 0 Å². The molecule has 0 radical (unpaired) electrons. The number of hydrogen-bond acceptors (Lipinski definition) is 5. The second-order valence-electron chi connectivity index (χ2n) is 7.94. The van der Waals surface area contributed by atoms with E-state index in [1.165, 1.54) is 13.8 Å². The maximum atomic E-state index is 12.7. The predicted molar refractivity (Wildman–Crippen MR) is 116 cm³/mol. The van der Waals surface area contributed by atoms with Gasteiger partial charge < -0.3 is 20.7 Å². The van der Waals surface area contributed by atoms with Crippen LogP contribution in [0.25, 0.3) is 11.3 Å². The molecule has 30 heavy (non-hydrogen) atoms. The van der Waals surface area contributed by atoms with Gasteiger partial charge in [-0.3, -0.25) is 9.59 Å². The molecule has 3 aromatic rings. The smallest absolute Gasteiger partial charge is 0.256 e. The van der Waals surface area contributed by atoms with Crippen molar-refractivity contribution in [1.82, 2.24) is 9.97 Å². The zero-order valence-electron chi connectivity index (χ0n) is 17.0. The first-order valence-corrected chi connectivity index (χ1v) is 9.93. The quantitative estimate of drug-likeness (QED) is 0.513. The lowest BCUT2D eigenvalue weighted by atomic mass is 9.95. The molecule has 0 saturated heterocycles. The zero-order chi connectivity index (χ0) is 21.3. The number of nitrogens with one attached hydrogen (secondary N) is 3. The third-order valence-electron chi connectivity index (χ3n) is 5.08. The molecule has 7 heteroatoms. The van der Waals surface area contributed by atoms with Gasteiger partial charge in [-0.05, 0) is 51.0 Å². The number of amides is 1. The van der Waals surface area contributed by atoms with Gasteiger partial charge in [-0.15, -0.1) is 0 Å². The van der Waals surface area contributed by atoms with Crippen LogP contribution in [0.5, 0.6) is 0 Å². The van der Waals surface area contributed by atoms with Gasteiger partial charge in [0.2, 0.25) is 0 Å². The topological polar surface area (TPSA) is 107 Å². The van der Waals surface area contributed by atoms with Crippen LogP contribution in [-0.4, -0.2) is 32.4 Å². The Bertz CT molecular complexity index is 1100. The van der Waals surface area contributed by atoms with Gasteiger partial charge in [0, 0.05) is 29.6 Å². The lowest BCUT2D eigenvalue weighted by molar-refractivity contribution is -0.130. The summed E-state index contributed by atoms with van der Waals surface area (Å²) in [6.07, 6.45) is 3.73. The summed E-state index contributed by atoms with van der Waals surface area (Å²) in [5, 5.41) is 15.9. The Kier molecular flexibility index (Phi) is 5.13. The lowest BCUT2D eigenvalue weighted by Gasteiger charge is -2.16. The van der Waals surface area contributed by atoms with Crippen molar-refractivity contribution in [1.29, 1.82) is 0 Å². The van der Waals surface area contributed by atoms with E-state index >= 15 is 0 Å². The Morgan fingerprint density at radius 2 is 1.93 bits per heavy atom. The van der Waals surface area contributed by atoms with E-state index in [0.717, 1.165) is 41.2 Å². The van der Waals surface area contributed by atoms with Gasteiger partial charge in [-0.25, -0.2) is 4.98 Å². The summed E-state index contributed by atoms with van der Waals surface area (Å²) in [5.74, 6) is -0.110. The summed E-state index contributed by atoms with van der Waals surface area (Å²) < 4.78 is 0. The Hall–Kier alpha value is -3.45. The van der Waals surface area contributed by atoms with Crippen molar-refractivity contribution in [2.75, 3.05) is 10.6 Å². The monoisotopic (exact) mass is 404 g/mol. The zero-order valence-corrected chi connectivity index (χ0v) is 17.0. The number of carbonyl (C=O) groups excluding carboxylic acids is 2. The third-order valence-corrected chi connectivity index (χ3v) is 5.08. The van der Waals surface area contributed by atoms with Crippen LogP contribution in [0.3, 0.4) is 0 Å². The van der Waals surface area contributed by atoms with Crippen LogP contribution < -0.4 is 10.6 Å². The van der Waals surface area contributed by atoms with E-state index < -0.39 is 11.5 Å². The fraction of sp³-hybridized carbons (Fsp3) is 0.261. The van der Waals surface area contributed by atoms with Crippen molar-refractivity contribution in [3.8, 4) is 11.3 Å². The van der Waals surface area contributed by atoms with E-state index in [1.54, 1.807) is 12.3 Å². The van der Waals surface area contributed by atoms with Gasteiger partial charge in [0.15, 0.2) is 5.78 Å². The molecule has 4 rings (SSSR count). The number of ketones is 1. The molecule has 2 heterocycles. The normalized spacial score (nSPS) is 13.6. The average Bonchev–Trinajstić information content (AvgIpc) is 3.08. The maximum absolute atomic E-state index is 12.7. The number of hydrogen-bond donors (Lipinski definition) is 4. The number of para-hydroxylation sites is 1. The summed E-state index contributed by atoms with van der Waals surface area (Å²) in [4.78, 5) is 32.4. The van der Waals surface area contributed by atoms with Crippen LogP contribution in [-0.2, 0) is 11.2 Å². The van der Waals surface area contributed by atoms with Crippen LogP contribution in [0.2, 0.25) is 0 Å². The molecule has 0 saturated carbocycles. The molecule has 1 amide bonds. The first-order valence-electron chi connectivity index (χ1n) is 9.93. The maximum Gasteiger partial charge on any atom is 0.256 e. The summed E-state index contributed by atoms with van der Waals surface area (Å²) in [6, 6.07) is 13.2. The number of aromatic nitrogens is 2. The molecule has 7 nitrogen and oxygen atoms in total. The number of carbonyl (C=O) groups is 2.